The molecule has 5 atom stereocenters. The lowest BCUT2D eigenvalue weighted by atomic mass is 10.1. The van der Waals surface area contributed by atoms with Crippen LogP contribution in [0.5, 0.6) is 0 Å². The number of benzene rings is 4. The van der Waals surface area contributed by atoms with Crippen LogP contribution in [-0.2, 0) is 64.4 Å². The summed E-state index contributed by atoms with van der Waals surface area (Å²) in [5.74, 6) is -0.703. The molecule has 0 aromatic heterocycles. The SMILES string of the molecule is COC(=O)[C@H](CO[C@H]1O[C@H](COCc2ccccc2)[C@@H](OCc2ccccc2)[C@H]1OCc1ccccc1)NC(=O)OCc1ccccc1. The number of rotatable bonds is 17. The fraction of sp³-hybridized carbons (Fsp3) is 0.316. The number of carbonyl (C=O) groups excluding carboxylic acids is 2. The van der Waals surface area contributed by atoms with Gasteiger partial charge in [-0.1, -0.05) is 121 Å². The first-order valence-electron chi connectivity index (χ1n) is 15.8. The number of esters is 1. The minimum absolute atomic E-state index is 0.0354. The average molecular weight is 656 g/mol. The van der Waals surface area contributed by atoms with E-state index in [4.69, 9.17) is 33.2 Å². The van der Waals surface area contributed by atoms with Gasteiger partial charge in [-0.2, -0.15) is 0 Å². The summed E-state index contributed by atoms with van der Waals surface area (Å²) in [6, 6.07) is 37.4. The van der Waals surface area contributed by atoms with Gasteiger partial charge in [-0.3, -0.25) is 0 Å². The molecule has 1 amide bonds. The third-order valence-corrected chi connectivity index (χ3v) is 7.65. The number of nitrogens with one attached hydrogen (secondary N) is 1. The van der Waals surface area contributed by atoms with Crippen LogP contribution >= 0.6 is 0 Å². The van der Waals surface area contributed by atoms with E-state index in [0.29, 0.717) is 13.2 Å². The second-order valence-corrected chi connectivity index (χ2v) is 11.2. The molecule has 1 N–H and O–H groups in total. The molecule has 0 aliphatic carbocycles. The van der Waals surface area contributed by atoms with Crippen LogP contribution in [0.25, 0.3) is 0 Å². The summed E-state index contributed by atoms with van der Waals surface area (Å²) < 4.78 is 41.8. The van der Waals surface area contributed by atoms with E-state index in [1.54, 1.807) is 0 Å². The fourth-order valence-electron chi connectivity index (χ4n) is 5.15. The second-order valence-electron chi connectivity index (χ2n) is 11.2. The van der Waals surface area contributed by atoms with Crippen molar-refractivity contribution >= 4 is 12.1 Å². The van der Waals surface area contributed by atoms with Crippen molar-refractivity contribution in [2.75, 3.05) is 20.3 Å². The Morgan fingerprint density at radius 1 is 0.646 bits per heavy atom. The highest BCUT2D eigenvalue weighted by Crippen LogP contribution is 2.30. The van der Waals surface area contributed by atoms with Gasteiger partial charge in [0.15, 0.2) is 12.3 Å². The third kappa shape index (κ3) is 10.7. The maximum absolute atomic E-state index is 12.7. The normalized spacial score (nSPS) is 19.4. The quantitative estimate of drug-likeness (QED) is 0.146. The summed E-state index contributed by atoms with van der Waals surface area (Å²) in [4.78, 5) is 25.3. The van der Waals surface area contributed by atoms with Gasteiger partial charge in [-0.25, -0.2) is 9.59 Å². The number of hydrogen-bond donors (Lipinski definition) is 1. The Hall–Kier alpha value is -4.58. The van der Waals surface area contributed by atoms with Crippen LogP contribution in [0.2, 0.25) is 0 Å². The van der Waals surface area contributed by atoms with Crippen molar-refractivity contribution < 1.29 is 42.7 Å². The molecule has 0 saturated carbocycles. The summed E-state index contributed by atoms with van der Waals surface area (Å²) >= 11 is 0. The van der Waals surface area contributed by atoms with Crippen LogP contribution in [0.1, 0.15) is 22.3 Å². The number of methoxy groups -OCH3 is 1. The molecular formula is C38H41NO9. The van der Waals surface area contributed by atoms with E-state index in [1.165, 1.54) is 7.11 Å². The summed E-state index contributed by atoms with van der Waals surface area (Å²) in [7, 11) is 1.23. The predicted molar refractivity (Wildman–Crippen MR) is 176 cm³/mol. The van der Waals surface area contributed by atoms with Crippen LogP contribution in [0.3, 0.4) is 0 Å². The number of ether oxygens (including phenoxy) is 7. The summed E-state index contributed by atoms with van der Waals surface area (Å²) in [6.45, 7) is 0.916. The molecule has 252 valence electrons. The molecule has 1 aliphatic heterocycles. The zero-order chi connectivity index (χ0) is 33.4. The van der Waals surface area contributed by atoms with Crippen molar-refractivity contribution in [3.05, 3.63) is 144 Å². The van der Waals surface area contributed by atoms with Gasteiger partial charge in [0.2, 0.25) is 0 Å². The van der Waals surface area contributed by atoms with Crippen molar-refractivity contribution in [3.63, 3.8) is 0 Å². The van der Waals surface area contributed by atoms with Crippen LogP contribution in [0.4, 0.5) is 4.79 Å². The first-order valence-corrected chi connectivity index (χ1v) is 15.8. The molecular weight excluding hydrogens is 614 g/mol. The van der Waals surface area contributed by atoms with Crippen molar-refractivity contribution in [2.24, 2.45) is 0 Å². The first kappa shape index (κ1) is 34.7. The minimum Gasteiger partial charge on any atom is -0.467 e. The Balaban J connectivity index is 1.29. The summed E-state index contributed by atoms with van der Waals surface area (Å²) in [6.07, 6.45) is -3.62. The average Bonchev–Trinajstić information content (AvgIpc) is 3.47. The summed E-state index contributed by atoms with van der Waals surface area (Å²) in [5.41, 5.74) is 3.76. The number of amides is 1. The second kappa shape index (κ2) is 18.7. The van der Waals surface area contributed by atoms with Gasteiger partial charge in [0.25, 0.3) is 0 Å². The molecule has 1 aliphatic rings. The summed E-state index contributed by atoms with van der Waals surface area (Å²) in [5, 5.41) is 2.54. The topological polar surface area (TPSA) is 111 Å². The van der Waals surface area contributed by atoms with Gasteiger partial charge < -0.3 is 38.5 Å². The fourth-order valence-corrected chi connectivity index (χ4v) is 5.15. The van der Waals surface area contributed by atoms with E-state index in [9.17, 15) is 9.59 Å². The minimum atomic E-state index is -1.17. The van der Waals surface area contributed by atoms with Gasteiger partial charge in [-0.05, 0) is 22.3 Å². The zero-order valence-corrected chi connectivity index (χ0v) is 26.9. The van der Waals surface area contributed by atoms with Gasteiger partial charge in [-0.15, -0.1) is 0 Å². The largest absolute Gasteiger partial charge is 0.467 e. The molecule has 1 fully saturated rings. The Morgan fingerprint density at radius 3 is 1.65 bits per heavy atom. The Morgan fingerprint density at radius 2 is 1.12 bits per heavy atom. The van der Waals surface area contributed by atoms with Crippen molar-refractivity contribution in [1.82, 2.24) is 5.32 Å². The molecule has 1 saturated heterocycles. The van der Waals surface area contributed by atoms with Gasteiger partial charge in [0.1, 0.15) is 24.9 Å². The lowest BCUT2D eigenvalue weighted by molar-refractivity contribution is -0.190. The van der Waals surface area contributed by atoms with Gasteiger partial charge in [0, 0.05) is 0 Å². The highest BCUT2D eigenvalue weighted by atomic mass is 16.7. The van der Waals surface area contributed by atoms with Crippen LogP contribution in [0, 0.1) is 0 Å². The molecule has 1 heterocycles. The monoisotopic (exact) mass is 655 g/mol. The zero-order valence-electron chi connectivity index (χ0n) is 26.9. The van der Waals surface area contributed by atoms with E-state index in [2.05, 4.69) is 5.32 Å². The molecule has 0 radical (unpaired) electrons. The number of carbonyl (C=O) groups is 2. The smallest absolute Gasteiger partial charge is 0.408 e. The lowest BCUT2D eigenvalue weighted by Gasteiger charge is -2.26. The first-order chi connectivity index (χ1) is 23.6. The van der Waals surface area contributed by atoms with Crippen LogP contribution in [-0.4, -0.2) is 63.0 Å². The highest BCUT2D eigenvalue weighted by molar-refractivity contribution is 5.81. The third-order valence-electron chi connectivity index (χ3n) is 7.65. The molecule has 5 rings (SSSR count). The Labute approximate surface area is 280 Å². The molecule has 4 aromatic carbocycles. The molecule has 48 heavy (non-hydrogen) atoms. The van der Waals surface area contributed by atoms with Crippen LogP contribution in [0.15, 0.2) is 121 Å². The van der Waals surface area contributed by atoms with Crippen molar-refractivity contribution in [3.8, 4) is 0 Å². The molecule has 0 bridgehead atoms. The molecule has 10 nitrogen and oxygen atoms in total. The standard InChI is InChI=1S/C38H41NO9/c1-42-36(40)32(39-38(41)47-25-31-20-12-5-13-21-31)26-46-37-35(45-24-30-18-10-4-11-19-30)34(44-23-29-16-8-3-9-17-29)33(48-37)27-43-22-28-14-6-2-7-15-28/h2-21,32-35,37H,22-27H2,1H3,(H,39,41)/t32-,33+,34+,35+,37-/m0/s1. The maximum atomic E-state index is 12.7. The highest BCUT2D eigenvalue weighted by Gasteiger charge is 2.48. The Kier molecular flexibility index (Phi) is 13.5. The van der Waals surface area contributed by atoms with Crippen molar-refractivity contribution in [2.45, 2.75) is 57.1 Å². The van der Waals surface area contributed by atoms with Crippen molar-refractivity contribution in [1.29, 1.82) is 0 Å². The molecule has 4 aromatic rings. The molecule has 10 heteroatoms. The molecule has 0 spiro atoms. The van der Waals surface area contributed by atoms with Gasteiger partial charge in [0.05, 0.1) is 40.1 Å². The maximum Gasteiger partial charge on any atom is 0.408 e. The Bertz CT molecular complexity index is 1510. The van der Waals surface area contributed by atoms with Crippen LogP contribution < -0.4 is 5.32 Å². The van der Waals surface area contributed by atoms with E-state index in [1.807, 2.05) is 121 Å². The van der Waals surface area contributed by atoms with E-state index in [-0.39, 0.29) is 26.4 Å². The van der Waals surface area contributed by atoms with Gasteiger partial charge >= 0.3 is 12.1 Å². The van der Waals surface area contributed by atoms with E-state index < -0.39 is 42.7 Å². The number of hydrogen-bond acceptors (Lipinski definition) is 9. The van der Waals surface area contributed by atoms with E-state index in [0.717, 1.165) is 22.3 Å². The number of alkyl carbamates (subject to hydrolysis) is 1. The molecule has 0 unspecified atom stereocenters. The van der Waals surface area contributed by atoms with E-state index >= 15 is 0 Å². The predicted octanol–water partition coefficient (Wildman–Crippen LogP) is 5.58. The lowest BCUT2D eigenvalue weighted by Crippen LogP contribution is -2.47.